The van der Waals surface area contributed by atoms with Crippen LogP contribution in [-0.2, 0) is 4.74 Å². The lowest BCUT2D eigenvalue weighted by Crippen LogP contribution is -2.53. The van der Waals surface area contributed by atoms with Crippen molar-refractivity contribution in [2.24, 2.45) is 0 Å². The Morgan fingerprint density at radius 3 is 2.57 bits per heavy atom. The Hall–Kier alpha value is -2.29. The number of ether oxygens (including phenoxy) is 2. The first-order valence-corrected chi connectivity index (χ1v) is 11.4. The number of urea groups is 1. The average Bonchev–Trinajstić information content (AvgIpc) is 3.34. The molecule has 0 saturated carbocycles. The molecule has 2 aromatic rings. The number of thiophene rings is 1. The predicted octanol–water partition coefficient (Wildman–Crippen LogP) is 2.66. The van der Waals surface area contributed by atoms with Crippen LogP contribution in [0.25, 0.3) is 0 Å². The number of hydrogen-bond acceptors (Lipinski definition) is 6. The van der Waals surface area contributed by atoms with Crippen LogP contribution in [0.3, 0.4) is 0 Å². The molecule has 2 saturated heterocycles. The smallest absolute Gasteiger partial charge is 0.317 e. The maximum absolute atomic E-state index is 12.9. The van der Waals surface area contributed by atoms with Crippen molar-refractivity contribution in [2.45, 2.75) is 6.04 Å². The normalized spacial score (nSPS) is 18.8. The summed E-state index contributed by atoms with van der Waals surface area (Å²) in [7, 11) is 1.70. The predicted molar refractivity (Wildman–Crippen MR) is 120 cm³/mol. The summed E-state index contributed by atoms with van der Waals surface area (Å²) in [5.41, 5.74) is 1.09. The first-order chi connectivity index (χ1) is 14.8. The summed E-state index contributed by atoms with van der Waals surface area (Å²) in [6.07, 6.45) is 0. The topological polar surface area (TPSA) is 57.3 Å². The maximum atomic E-state index is 12.9. The van der Waals surface area contributed by atoms with Crippen molar-refractivity contribution in [3.05, 3.63) is 46.7 Å². The van der Waals surface area contributed by atoms with Gasteiger partial charge in [-0.05, 0) is 23.6 Å². The highest BCUT2D eigenvalue weighted by atomic mass is 32.1. The van der Waals surface area contributed by atoms with Gasteiger partial charge >= 0.3 is 6.03 Å². The zero-order valence-electron chi connectivity index (χ0n) is 17.5. The molecule has 162 valence electrons. The fourth-order valence-electron chi connectivity index (χ4n) is 4.12. The number of carbonyl (C=O) groups excluding carboxylic acids is 1. The van der Waals surface area contributed by atoms with Crippen LogP contribution in [0.1, 0.15) is 10.9 Å². The van der Waals surface area contributed by atoms with Gasteiger partial charge in [0.25, 0.3) is 0 Å². The number of piperazine rings is 1. The quantitative estimate of drug-likeness (QED) is 0.764. The third kappa shape index (κ3) is 4.88. The van der Waals surface area contributed by atoms with Crippen molar-refractivity contribution in [1.82, 2.24) is 15.1 Å². The number of nitrogens with zero attached hydrogens (tertiary/aromatic N) is 3. The number of methoxy groups -OCH3 is 1. The number of para-hydroxylation sites is 2. The second-order valence-electron chi connectivity index (χ2n) is 7.51. The zero-order chi connectivity index (χ0) is 20.8. The highest BCUT2D eigenvalue weighted by molar-refractivity contribution is 7.10. The summed E-state index contributed by atoms with van der Waals surface area (Å²) in [5, 5.41) is 5.28. The molecule has 4 rings (SSSR count). The first kappa shape index (κ1) is 21.0. The van der Waals surface area contributed by atoms with E-state index in [0.717, 1.165) is 50.8 Å². The lowest BCUT2D eigenvalue weighted by atomic mass is 10.2. The van der Waals surface area contributed by atoms with Gasteiger partial charge in [0, 0.05) is 50.7 Å². The summed E-state index contributed by atoms with van der Waals surface area (Å²) < 4.78 is 11.0. The van der Waals surface area contributed by atoms with Crippen LogP contribution in [0.15, 0.2) is 41.8 Å². The third-order valence-corrected chi connectivity index (χ3v) is 6.77. The van der Waals surface area contributed by atoms with Gasteiger partial charge < -0.3 is 24.6 Å². The van der Waals surface area contributed by atoms with E-state index < -0.39 is 0 Å². The number of nitrogens with one attached hydrogen (secondary N) is 1. The Balaban J connectivity index is 1.32. The minimum Gasteiger partial charge on any atom is -0.495 e. The summed E-state index contributed by atoms with van der Waals surface area (Å²) in [4.78, 5) is 20.8. The molecule has 2 fully saturated rings. The van der Waals surface area contributed by atoms with Crippen molar-refractivity contribution in [3.8, 4) is 5.75 Å². The molecule has 1 N–H and O–H groups in total. The van der Waals surface area contributed by atoms with E-state index in [4.69, 9.17) is 9.47 Å². The van der Waals surface area contributed by atoms with Gasteiger partial charge in [-0.1, -0.05) is 18.2 Å². The van der Waals surface area contributed by atoms with Gasteiger partial charge in [0.15, 0.2) is 0 Å². The molecule has 8 heteroatoms. The highest BCUT2D eigenvalue weighted by Gasteiger charge is 2.26. The van der Waals surface area contributed by atoms with Crippen molar-refractivity contribution >= 4 is 23.1 Å². The van der Waals surface area contributed by atoms with Gasteiger partial charge in [0.05, 0.1) is 32.1 Å². The summed E-state index contributed by atoms with van der Waals surface area (Å²) >= 11 is 1.75. The van der Waals surface area contributed by atoms with E-state index in [1.165, 1.54) is 4.88 Å². The molecule has 0 aliphatic carbocycles. The average molecular weight is 431 g/mol. The molecule has 1 aromatic carbocycles. The standard InChI is InChI=1S/C22H30N4O3S/c1-28-20-6-3-2-5-18(20)24-8-10-26(11-9-24)22(27)23-17-19(21-7-4-16-30-21)25-12-14-29-15-13-25/h2-7,16,19H,8-15,17H2,1H3,(H,23,27)/t19-/m0/s1. The van der Waals surface area contributed by atoms with E-state index >= 15 is 0 Å². The number of anilines is 1. The molecule has 0 spiro atoms. The van der Waals surface area contributed by atoms with E-state index in [0.29, 0.717) is 19.6 Å². The van der Waals surface area contributed by atoms with Gasteiger partial charge in [-0.15, -0.1) is 11.3 Å². The van der Waals surface area contributed by atoms with E-state index in [9.17, 15) is 4.79 Å². The second-order valence-corrected chi connectivity index (χ2v) is 8.49. The third-order valence-electron chi connectivity index (χ3n) is 5.80. The molecule has 2 aliphatic heterocycles. The minimum absolute atomic E-state index is 0.0180. The van der Waals surface area contributed by atoms with Crippen molar-refractivity contribution < 1.29 is 14.3 Å². The number of benzene rings is 1. The fourth-order valence-corrected chi connectivity index (χ4v) is 4.98. The number of morpholine rings is 1. The minimum atomic E-state index is 0.0180. The molecule has 0 unspecified atom stereocenters. The Kier molecular flexibility index (Phi) is 7.09. The summed E-state index contributed by atoms with van der Waals surface area (Å²) in [5.74, 6) is 0.875. The van der Waals surface area contributed by atoms with Crippen molar-refractivity contribution in [3.63, 3.8) is 0 Å². The zero-order valence-corrected chi connectivity index (χ0v) is 18.3. The van der Waals surface area contributed by atoms with Gasteiger partial charge in [0.2, 0.25) is 0 Å². The number of hydrogen-bond donors (Lipinski definition) is 1. The molecular weight excluding hydrogens is 400 g/mol. The van der Waals surface area contributed by atoms with Crippen LogP contribution >= 0.6 is 11.3 Å². The largest absolute Gasteiger partial charge is 0.495 e. The van der Waals surface area contributed by atoms with E-state index in [1.807, 2.05) is 23.1 Å². The van der Waals surface area contributed by atoms with Crippen LogP contribution in [0.4, 0.5) is 10.5 Å². The Bertz CT molecular complexity index is 802. The number of amides is 2. The van der Waals surface area contributed by atoms with Gasteiger partial charge in [-0.2, -0.15) is 0 Å². The molecule has 1 aromatic heterocycles. The molecule has 0 radical (unpaired) electrons. The van der Waals surface area contributed by atoms with E-state index in [1.54, 1.807) is 18.4 Å². The Morgan fingerprint density at radius 1 is 1.10 bits per heavy atom. The lowest BCUT2D eigenvalue weighted by Gasteiger charge is -2.37. The van der Waals surface area contributed by atoms with Crippen molar-refractivity contribution in [2.75, 3.05) is 71.0 Å². The molecule has 7 nitrogen and oxygen atoms in total. The molecule has 2 aliphatic rings. The van der Waals surface area contributed by atoms with Crippen LogP contribution in [-0.4, -0.2) is 82.0 Å². The first-order valence-electron chi connectivity index (χ1n) is 10.5. The SMILES string of the molecule is COc1ccccc1N1CCN(C(=O)NC[C@@H](c2cccs2)N2CCOCC2)CC1. The number of rotatable bonds is 6. The van der Waals surface area contributed by atoms with Crippen molar-refractivity contribution in [1.29, 1.82) is 0 Å². The summed E-state index contributed by atoms with van der Waals surface area (Å²) in [6, 6.07) is 12.5. The van der Waals surface area contributed by atoms with Crippen LogP contribution in [0, 0.1) is 0 Å². The van der Waals surface area contributed by atoms with Gasteiger partial charge in [-0.25, -0.2) is 4.79 Å². The van der Waals surface area contributed by atoms with Crippen LogP contribution in [0.5, 0.6) is 5.75 Å². The summed E-state index contributed by atoms with van der Waals surface area (Å²) in [6.45, 7) is 6.91. The molecule has 1 atom stereocenters. The monoisotopic (exact) mass is 430 g/mol. The molecule has 3 heterocycles. The molecule has 30 heavy (non-hydrogen) atoms. The molecule has 0 bridgehead atoms. The molecular formula is C22H30N4O3S. The highest BCUT2D eigenvalue weighted by Crippen LogP contribution is 2.28. The second kappa shape index (κ2) is 10.1. The molecule has 2 amide bonds. The van der Waals surface area contributed by atoms with E-state index in [2.05, 4.69) is 38.7 Å². The number of carbonyl (C=O) groups is 1. The van der Waals surface area contributed by atoms with Crippen LogP contribution < -0.4 is 15.0 Å². The lowest BCUT2D eigenvalue weighted by molar-refractivity contribution is 0.0172. The van der Waals surface area contributed by atoms with Gasteiger partial charge in [-0.3, -0.25) is 4.90 Å². The maximum Gasteiger partial charge on any atom is 0.317 e. The Labute approximate surface area is 182 Å². The van der Waals surface area contributed by atoms with E-state index in [-0.39, 0.29) is 12.1 Å². The van der Waals surface area contributed by atoms with Gasteiger partial charge in [0.1, 0.15) is 5.75 Å². The fraction of sp³-hybridized carbons (Fsp3) is 0.500. The Morgan fingerprint density at radius 2 is 1.87 bits per heavy atom. The van der Waals surface area contributed by atoms with Crippen LogP contribution in [0.2, 0.25) is 0 Å².